The molecular formula is C26H24F2N8O3S2. The van der Waals surface area contributed by atoms with Gasteiger partial charge in [-0.05, 0) is 37.0 Å². The van der Waals surface area contributed by atoms with Crippen molar-refractivity contribution in [3.05, 3.63) is 41.3 Å². The second-order valence-electron chi connectivity index (χ2n) is 10.4. The molecule has 0 radical (unpaired) electrons. The van der Waals surface area contributed by atoms with E-state index in [4.69, 9.17) is 0 Å². The Hall–Kier alpha value is -3.87. The quantitative estimate of drug-likeness (QED) is 0.336. The Kier molecular flexibility index (Phi) is 6.59. The van der Waals surface area contributed by atoms with Crippen LogP contribution in [0.4, 0.5) is 8.78 Å². The fraction of sp³-hybridized carbons (Fsp3) is 0.385. The summed E-state index contributed by atoms with van der Waals surface area (Å²) in [7, 11) is -4.08. The van der Waals surface area contributed by atoms with E-state index in [9.17, 15) is 27.3 Å². The Morgan fingerprint density at radius 1 is 1.22 bits per heavy atom. The van der Waals surface area contributed by atoms with Crippen LogP contribution in [0, 0.1) is 17.2 Å². The van der Waals surface area contributed by atoms with Crippen molar-refractivity contribution in [3.8, 4) is 11.2 Å². The summed E-state index contributed by atoms with van der Waals surface area (Å²) >= 11 is 0.676. The van der Waals surface area contributed by atoms with Crippen molar-refractivity contribution < 1.29 is 22.0 Å². The van der Waals surface area contributed by atoms with E-state index in [0.29, 0.717) is 71.3 Å². The maximum atomic E-state index is 13.4. The molecule has 0 unspecified atom stereocenters. The van der Waals surface area contributed by atoms with E-state index in [-0.39, 0.29) is 21.9 Å². The maximum absolute atomic E-state index is 13.4. The molecule has 4 heterocycles. The SMILES string of the molecule is CC(C)C(=O)N1CC=C(c2ncnc3c2c2ccc(S(=O)(=O)NC4(C#N)CC4)cc2n3-c2nnc(C(F)F)s2)CC1. The average molecular weight is 599 g/mol. The van der Waals surface area contributed by atoms with E-state index >= 15 is 0 Å². The number of rotatable bonds is 7. The number of nitrogens with zero attached hydrogens (tertiary/aromatic N) is 7. The molecule has 15 heteroatoms. The zero-order valence-corrected chi connectivity index (χ0v) is 23.6. The zero-order chi connectivity index (χ0) is 29.1. The van der Waals surface area contributed by atoms with Gasteiger partial charge in [-0.25, -0.2) is 27.2 Å². The van der Waals surface area contributed by atoms with E-state index in [1.165, 1.54) is 23.0 Å². The van der Waals surface area contributed by atoms with E-state index < -0.39 is 27.0 Å². The number of carbonyl (C=O) groups excluding carboxylic acids is 1. The normalized spacial score (nSPS) is 16.9. The number of halogens is 2. The first kappa shape index (κ1) is 27.3. The van der Waals surface area contributed by atoms with Crippen LogP contribution in [-0.4, -0.2) is 62.6 Å². The molecule has 41 heavy (non-hydrogen) atoms. The van der Waals surface area contributed by atoms with Crippen LogP contribution >= 0.6 is 11.3 Å². The van der Waals surface area contributed by atoms with Crippen molar-refractivity contribution in [1.29, 1.82) is 5.26 Å². The number of amides is 1. The largest absolute Gasteiger partial charge is 0.338 e. The molecule has 1 fully saturated rings. The van der Waals surface area contributed by atoms with Crippen molar-refractivity contribution in [2.45, 2.75) is 50.0 Å². The van der Waals surface area contributed by atoms with Crippen LogP contribution in [-0.2, 0) is 14.8 Å². The van der Waals surface area contributed by atoms with Crippen molar-refractivity contribution in [2.75, 3.05) is 13.1 Å². The number of aromatic nitrogens is 5. The van der Waals surface area contributed by atoms with E-state index in [1.807, 2.05) is 26.0 Å². The summed E-state index contributed by atoms with van der Waals surface area (Å²) in [5.74, 6) is -0.0656. The molecule has 0 bridgehead atoms. The number of fused-ring (bicyclic) bond motifs is 3. The van der Waals surface area contributed by atoms with Gasteiger partial charge in [-0.15, -0.1) is 10.2 Å². The molecule has 1 aliphatic carbocycles. The molecular weight excluding hydrogens is 574 g/mol. The summed E-state index contributed by atoms with van der Waals surface area (Å²) < 4.78 is 57.3. The molecule has 1 amide bonds. The highest BCUT2D eigenvalue weighted by Crippen LogP contribution is 2.40. The van der Waals surface area contributed by atoms with Gasteiger partial charge in [0.25, 0.3) is 6.43 Å². The predicted octanol–water partition coefficient (Wildman–Crippen LogP) is 3.97. The van der Waals surface area contributed by atoms with Gasteiger partial charge in [-0.3, -0.25) is 9.36 Å². The van der Waals surface area contributed by atoms with Crippen LogP contribution in [0.5, 0.6) is 0 Å². The smallest absolute Gasteiger partial charge is 0.291 e. The van der Waals surface area contributed by atoms with Crippen molar-refractivity contribution >= 4 is 54.8 Å². The summed E-state index contributed by atoms with van der Waals surface area (Å²) in [4.78, 5) is 23.2. The minimum atomic E-state index is -4.08. The molecule has 11 nitrogen and oxygen atoms in total. The highest BCUT2D eigenvalue weighted by atomic mass is 32.2. The van der Waals surface area contributed by atoms with Crippen LogP contribution in [0.2, 0.25) is 0 Å². The van der Waals surface area contributed by atoms with Gasteiger partial charge in [0.05, 0.1) is 27.6 Å². The third kappa shape index (κ3) is 4.75. The molecule has 0 saturated heterocycles. The van der Waals surface area contributed by atoms with E-state index in [2.05, 4.69) is 24.9 Å². The first-order valence-electron chi connectivity index (χ1n) is 12.9. The standard InChI is InChI=1S/C26H24F2N8O3S2/c1-14(2)24(37)35-9-5-15(6-10-35)20-19-17-4-3-16(41(38,39)34-26(12-29)7-8-26)11-18(17)36(22(19)31-13-30-20)25-33-32-23(40-25)21(27)28/h3-5,11,13-14,21,34H,6-10H2,1-2H3. The van der Waals surface area contributed by atoms with Gasteiger partial charge in [0.2, 0.25) is 21.1 Å². The first-order chi connectivity index (χ1) is 19.5. The number of nitrogens with one attached hydrogen (secondary N) is 1. The lowest BCUT2D eigenvalue weighted by Gasteiger charge is -2.28. The van der Waals surface area contributed by atoms with Gasteiger partial charge in [0.15, 0.2) is 10.7 Å². The minimum Gasteiger partial charge on any atom is -0.338 e. The Labute approximate surface area is 237 Å². The summed E-state index contributed by atoms with van der Waals surface area (Å²) in [6, 6.07) is 6.48. The molecule has 212 valence electrons. The zero-order valence-electron chi connectivity index (χ0n) is 22.0. The number of hydrogen-bond acceptors (Lipinski definition) is 9. The third-order valence-electron chi connectivity index (χ3n) is 7.25. The van der Waals surface area contributed by atoms with Crippen molar-refractivity contribution in [1.82, 2.24) is 34.4 Å². The molecule has 1 aromatic carbocycles. The lowest BCUT2D eigenvalue weighted by molar-refractivity contribution is -0.134. The van der Waals surface area contributed by atoms with Gasteiger partial charge in [-0.1, -0.05) is 37.3 Å². The molecule has 1 saturated carbocycles. The first-order valence-corrected chi connectivity index (χ1v) is 15.2. The highest BCUT2D eigenvalue weighted by molar-refractivity contribution is 7.89. The van der Waals surface area contributed by atoms with Gasteiger partial charge < -0.3 is 4.90 Å². The summed E-state index contributed by atoms with van der Waals surface area (Å²) in [5.41, 5.74) is 1.07. The average Bonchev–Trinajstić information content (AvgIpc) is 3.39. The van der Waals surface area contributed by atoms with Crippen molar-refractivity contribution in [2.24, 2.45) is 5.92 Å². The van der Waals surface area contributed by atoms with Crippen LogP contribution in [0.25, 0.3) is 32.6 Å². The summed E-state index contributed by atoms with van der Waals surface area (Å²) in [6.45, 7) is 4.63. The van der Waals surface area contributed by atoms with E-state index in [1.54, 1.807) is 11.0 Å². The highest BCUT2D eigenvalue weighted by Gasteiger charge is 2.47. The number of benzene rings is 1. The van der Waals surface area contributed by atoms with Gasteiger partial charge in [0, 0.05) is 24.4 Å². The van der Waals surface area contributed by atoms with Gasteiger partial charge >= 0.3 is 0 Å². The van der Waals surface area contributed by atoms with E-state index in [0.717, 1.165) is 5.57 Å². The lowest BCUT2D eigenvalue weighted by atomic mass is 10.00. The number of nitriles is 1. The molecule has 0 atom stereocenters. The second-order valence-corrected chi connectivity index (χ2v) is 13.0. The lowest BCUT2D eigenvalue weighted by Crippen LogP contribution is -2.37. The number of carbonyl (C=O) groups is 1. The van der Waals surface area contributed by atoms with Crippen LogP contribution in [0.3, 0.4) is 0 Å². The number of hydrogen-bond donors (Lipinski definition) is 1. The van der Waals surface area contributed by atoms with Gasteiger partial charge in [0.1, 0.15) is 11.9 Å². The monoisotopic (exact) mass is 598 g/mol. The Morgan fingerprint density at radius 3 is 2.61 bits per heavy atom. The predicted molar refractivity (Wildman–Crippen MR) is 147 cm³/mol. The molecule has 1 N–H and O–H groups in total. The molecule has 6 rings (SSSR count). The van der Waals surface area contributed by atoms with Crippen LogP contribution in [0.15, 0.2) is 35.5 Å². The Balaban J connectivity index is 1.53. The number of sulfonamides is 1. The summed E-state index contributed by atoms with van der Waals surface area (Å²) in [5, 5.41) is 17.8. The minimum absolute atomic E-state index is 0.0579. The second kappa shape index (κ2) is 9.89. The number of alkyl halides is 2. The molecule has 1 aliphatic heterocycles. The molecule has 2 aliphatic rings. The molecule has 3 aromatic heterocycles. The molecule has 0 spiro atoms. The fourth-order valence-corrected chi connectivity index (χ4v) is 7.06. The topological polar surface area (TPSA) is 147 Å². The molecule has 4 aromatic rings. The maximum Gasteiger partial charge on any atom is 0.291 e. The van der Waals surface area contributed by atoms with Crippen LogP contribution < -0.4 is 4.72 Å². The third-order valence-corrected chi connectivity index (χ3v) is 9.70. The van der Waals surface area contributed by atoms with Gasteiger partial charge in [-0.2, -0.15) is 9.98 Å². The van der Waals surface area contributed by atoms with Crippen LogP contribution in [0.1, 0.15) is 50.2 Å². The Morgan fingerprint density at radius 2 is 2.00 bits per heavy atom. The van der Waals surface area contributed by atoms with Crippen molar-refractivity contribution in [3.63, 3.8) is 0 Å². The summed E-state index contributed by atoms with van der Waals surface area (Å²) in [6.07, 6.45) is 1.84. The fourth-order valence-electron chi connectivity index (χ4n) is 4.95. The Bertz CT molecular complexity index is 1890.